The molecule has 1 heterocycles. The summed E-state index contributed by atoms with van der Waals surface area (Å²) in [4.78, 5) is 12.6. The summed E-state index contributed by atoms with van der Waals surface area (Å²) in [5, 5.41) is 12.3. The van der Waals surface area contributed by atoms with Crippen LogP contribution < -0.4 is 5.32 Å². The van der Waals surface area contributed by atoms with Crippen LogP contribution >= 0.6 is 0 Å². The number of carbonyl (C=O) groups excluding carboxylic acids is 1. The molecule has 136 valence electrons. The van der Waals surface area contributed by atoms with Crippen molar-refractivity contribution in [2.24, 2.45) is 23.7 Å². The van der Waals surface area contributed by atoms with Gasteiger partial charge in [0.25, 0.3) is 5.91 Å². The minimum absolute atomic E-state index is 0.0929. The normalized spacial score (nSPS) is 37.9. The van der Waals surface area contributed by atoms with Crippen LogP contribution in [0.25, 0.3) is 0 Å². The molecule has 2 fully saturated rings. The minimum Gasteiger partial charge on any atom is -0.459 e. The molecule has 3 rings (SSSR count). The zero-order valence-corrected chi connectivity index (χ0v) is 14.9. The lowest BCUT2D eigenvalue weighted by atomic mass is 9.86. The van der Waals surface area contributed by atoms with E-state index in [1.54, 1.807) is 0 Å². The molecule has 24 heavy (non-hydrogen) atoms. The molecule has 0 aromatic carbocycles. The molecule has 3 unspecified atom stereocenters. The maximum Gasteiger partial charge on any atom is 0.286 e. The summed E-state index contributed by atoms with van der Waals surface area (Å²) in [7, 11) is 0. The van der Waals surface area contributed by atoms with Gasteiger partial charge in [-0.25, -0.2) is 0 Å². The molecule has 1 amide bonds. The van der Waals surface area contributed by atoms with Crippen LogP contribution in [0.4, 0.5) is 0 Å². The largest absolute Gasteiger partial charge is 0.459 e. The fraction of sp³-hybridized carbons (Fsp3) is 0.842. The number of nitrogens with one attached hydrogen (secondary N) is 1. The average Bonchev–Trinajstić information content (AvgIpc) is 3.17. The third-order valence-corrected chi connectivity index (χ3v) is 5.99. The Balaban J connectivity index is 1.62. The van der Waals surface area contributed by atoms with Gasteiger partial charge >= 0.3 is 0 Å². The topological polar surface area (TPSA) is 67.8 Å². The van der Waals surface area contributed by atoms with E-state index in [9.17, 15) is 4.79 Å². The highest BCUT2D eigenvalue weighted by Crippen LogP contribution is 2.44. The van der Waals surface area contributed by atoms with Crippen LogP contribution in [-0.4, -0.2) is 36.6 Å². The molecule has 2 N–H and O–H groups in total. The monoisotopic (exact) mass is 337 g/mol. The molecule has 2 saturated carbocycles. The van der Waals surface area contributed by atoms with Crippen LogP contribution in [0.15, 0.2) is 11.8 Å². The van der Waals surface area contributed by atoms with E-state index in [0.29, 0.717) is 24.3 Å². The molecule has 0 radical (unpaired) electrons. The van der Waals surface area contributed by atoms with E-state index in [4.69, 9.17) is 14.6 Å². The van der Waals surface area contributed by atoms with Crippen molar-refractivity contribution in [3.63, 3.8) is 0 Å². The van der Waals surface area contributed by atoms with Gasteiger partial charge in [0, 0.05) is 25.2 Å². The van der Waals surface area contributed by atoms with Gasteiger partial charge in [-0.05, 0) is 62.9 Å². The number of fused-ring (bicyclic) bond motifs is 2. The van der Waals surface area contributed by atoms with Gasteiger partial charge < -0.3 is 19.9 Å². The van der Waals surface area contributed by atoms with E-state index in [0.717, 1.165) is 25.2 Å². The van der Waals surface area contributed by atoms with Crippen LogP contribution in [0.5, 0.6) is 0 Å². The Morgan fingerprint density at radius 1 is 1.42 bits per heavy atom. The molecule has 6 atom stereocenters. The standard InChI is InChI=1S/C19H31NO4/c1-3-23-19-15(5-4-8-21)12(2)9-17(24-19)18(22)20-16-11-13-6-7-14(16)10-13/h9,12-16,19,21H,3-8,10-11H2,1-2H3,(H,20,22)/t12-,13?,14?,15+,16?,19+/m1/s1. The number of aliphatic hydroxyl groups excluding tert-OH is 1. The van der Waals surface area contributed by atoms with Crippen molar-refractivity contribution in [3.8, 4) is 0 Å². The fourth-order valence-corrected chi connectivity index (χ4v) is 4.70. The molecule has 0 saturated heterocycles. The van der Waals surface area contributed by atoms with Gasteiger partial charge in [0.05, 0.1) is 0 Å². The second kappa shape index (κ2) is 7.87. The van der Waals surface area contributed by atoms with Crippen molar-refractivity contribution in [1.82, 2.24) is 5.32 Å². The lowest BCUT2D eigenvalue weighted by molar-refractivity contribution is -0.171. The van der Waals surface area contributed by atoms with Crippen LogP contribution in [-0.2, 0) is 14.3 Å². The molecule has 2 aliphatic carbocycles. The van der Waals surface area contributed by atoms with Gasteiger partial charge in [-0.1, -0.05) is 13.3 Å². The van der Waals surface area contributed by atoms with E-state index in [-0.39, 0.29) is 24.3 Å². The molecule has 0 aromatic rings. The summed E-state index contributed by atoms with van der Waals surface area (Å²) in [6, 6.07) is 0.314. The highest BCUT2D eigenvalue weighted by molar-refractivity contribution is 5.91. The molecule has 1 aliphatic heterocycles. The predicted molar refractivity (Wildman–Crippen MR) is 90.9 cm³/mol. The number of hydrogen-bond acceptors (Lipinski definition) is 4. The Morgan fingerprint density at radius 2 is 2.25 bits per heavy atom. The average molecular weight is 337 g/mol. The Bertz CT molecular complexity index is 478. The van der Waals surface area contributed by atoms with E-state index < -0.39 is 6.29 Å². The minimum atomic E-state index is -0.401. The maximum absolute atomic E-state index is 12.6. The number of rotatable bonds is 7. The van der Waals surface area contributed by atoms with Crippen molar-refractivity contribution in [1.29, 1.82) is 0 Å². The highest BCUT2D eigenvalue weighted by Gasteiger charge is 2.41. The number of aliphatic hydroxyl groups is 1. The highest BCUT2D eigenvalue weighted by atomic mass is 16.7. The molecule has 5 heteroatoms. The third-order valence-electron chi connectivity index (χ3n) is 5.99. The van der Waals surface area contributed by atoms with Crippen LogP contribution in [0.2, 0.25) is 0 Å². The summed E-state index contributed by atoms with van der Waals surface area (Å²) >= 11 is 0. The van der Waals surface area contributed by atoms with Gasteiger partial charge in [0.2, 0.25) is 6.29 Å². The number of hydrogen-bond donors (Lipinski definition) is 2. The van der Waals surface area contributed by atoms with E-state index in [1.165, 1.54) is 19.3 Å². The van der Waals surface area contributed by atoms with Gasteiger partial charge in [-0.15, -0.1) is 0 Å². The molecule has 5 nitrogen and oxygen atoms in total. The number of allylic oxidation sites excluding steroid dienone is 1. The van der Waals surface area contributed by atoms with Crippen molar-refractivity contribution in [2.75, 3.05) is 13.2 Å². The first kappa shape index (κ1) is 17.7. The van der Waals surface area contributed by atoms with Crippen molar-refractivity contribution >= 4 is 5.91 Å². The first-order valence-corrected chi connectivity index (χ1v) is 9.54. The number of carbonyl (C=O) groups is 1. The van der Waals surface area contributed by atoms with Crippen molar-refractivity contribution < 1.29 is 19.4 Å². The van der Waals surface area contributed by atoms with Gasteiger partial charge in [-0.3, -0.25) is 4.79 Å². The summed E-state index contributed by atoms with van der Waals surface area (Å²) in [6.45, 7) is 4.75. The van der Waals surface area contributed by atoms with E-state index in [1.807, 2.05) is 13.0 Å². The number of amides is 1. The van der Waals surface area contributed by atoms with Gasteiger partial charge in [-0.2, -0.15) is 0 Å². The zero-order chi connectivity index (χ0) is 17.1. The molecular formula is C19H31NO4. The second-order valence-electron chi connectivity index (χ2n) is 7.62. The SMILES string of the molecule is CCO[C@H]1OC(C(=O)NC2CC3CCC2C3)=C[C@@H](C)[C@@H]1CCCO. The first-order valence-electron chi connectivity index (χ1n) is 9.54. The van der Waals surface area contributed by atoms with E-state index in [2.05, 4.69) is 12.2 Å². The molecular weight excluding hydrogens is 306 g/mol. The smallest absolute Gasteiger partial charge is 0.286 e. The van der Waals surface area contributed by atoms with Crippen LogP contribution in [0.1, 0.15) is 52.4 Å². The zero-order valence-electron chi connectivity index (χ0n) is 14.9. The maximum atomic E-state index is 12.6. The quantitative estimate of drug-likeness (QED) is 0.749. The molecule has 0 spiro atoms. The fourth-order valence-electron chi connectivity index (χ4n) is 4.70. The van der Waals surface area contributed by atoms with Crippen LogP contribution in [0, 0.1) is 23.7 Å². The Kier molecular flexibility index (Phi) is 5.82. The summed E-state index contributed by atoms with van der Waals surface area (Å²) < 4.78 is 11.6. The van der Waals surface area contributed by atoms with Gasteiger partial charge in [0.15, 0.2) is 5.76 Å². The lowest BCUT2D eigenvalue weighted by Crippen LogP contribution is -2.43. The van der Waals surface area contributed by atoms with Crippen LogP contribution in [0.3, 0.4) is 0 Å². The molecule has 3 aliphatic rings. The van der Waals surface area contributed by atoms with Crippen molar-refractivity contribution in [2.45, 2.75) is 64.7 Å². The Hall–Kier alpha value is -1.07. The predicted octanol–water partition coefficient (Wildman–Crippen LogP) is 2.59. The molecule has 0 aromatic heterocycles. The second-order valence-corrected chi connectivity index (χ2v) is 7.62. The third kappa shape index (κ3) is 3.77. The summed E-state index contributed by atoms with van der Waals surface area (Å²) in [5.74, 6) is 2.15. The van der Waals surface area contributed by atoms with Gasteiger partial charge in [0.1, 0.15) is 0 Å². The van der Waals surface area contributed by atoms with E-state index >= 15 is 0 Å². The Labute approximate surface area is 144 Å². The first-order chi connectivity index (χ1) is 11.6. The van der Waals surface area contributed by atoms with Crippen molar-refractivity contribution in [3.05, 3.63) is 11.8 Å². The number of ether oxygens (including phenoxy) is 2. The summed E-state index contributed by atoms with van der Waals surface area (Å²) in [6.07, 6.45) is 8.05. The summed E-state index contributed by atoms with van der Waals surface area (Å²) in [5.41, 5.74) is 0. The Morgan fingerprint density at radius 3 is 2.88 bits per heavy atom. The lowest BCUT2D eigenvalue weighted by Gasteiger charge is -2.35. The molecule has 2 bridgehead atoms.